The number of methoxy groups -OCH3 is 1. The maximum absolute atomic E-state index is 7.84. The van der Waals surface area contributed by atoms with Crippen LogP contribution < -0.4 is 0 Å². The molecule has 0 aliphatic carbocycles. The number of hydrogen-bond donors (Lipinski definition) is 1. The van der Waals surface area contributed by atoms with Crippen LogP contribution in [-0.4, -0.2) is 24.1 Å². The standard InChI is InChI=1S/C3H6ClNO2/c1-7-2-3(4)5-6/h6H,2H2,1H3. The Hall–Kier alpha value is -0.280. The van der Waals surface area contributed by atoms with E-state index in [9.17, 15) is 0 Å². The lowest BCUT2D eigenvalue weighted by molar-refractivity contribution is 0.240. The summed E-state index contributed by atoms with van der Waals surface area (Å²) in [6.07, 6.45) is 0. The van der Waals surface area contributed by atoms with Gasteiger partial charge in [-0.1, -0.05) is 16.8 Å². The highest BCUT2D eigenvalue weighted by Gasteiger charge is 1.87. The molecule has 1 N–H and O–H groups in total. The summed E-state index contributed by atoms with van der Waals surface area (Å²) in [6, 6.07) is 0. The Balaban J connectivity index is 3.17. The molecule has 0 aromatic heterocycles. The molecule has 0 saturated carbocycles. The number of hydrogen-bond acceptors (Lipinski definition) is 3. The van der Waals surface area contributed by atoms with Gasteiger partial charge in [-0.05, 0) is 0 Å². The summed E-state index contributed by atoms with van der Waals surface area (Å²) in [5.74, 6) is 0. The zero-order valence-electron chi connectivity index (χ0n) is 3.89. The SMILES string of the molecule is COCC(Cl)=NO. The van der Waals surface area contributed by atoms with Gasteiger partial charge in [0.05, 0.1) is 0 Å². The molecule has 0 unspecified atom stereocenters. The Kier molecular flexibility index (Phi) is 3.74. The van der Waals surface area contributed by atoms with Crippen LogP contribution in [0.25, 0.3) is 0 Å². The maximum Gasteiger partial charge on any atom is 0.170 e. The second-order valence-electron chi connectivity index (χ2n) is 0.909. The molecule has 0 saturated heterocycles. The van der Waals surface area contributed by atoms with Gasteiger partial charge in [0.25, 0.3) is 0 Å². The van der Waals surface area contributed by atoms with Crippen LogP contribution in [0.3, 0.4) is 0 Å². The third-order valence-corrected chi connectivity index (χ3v) is 0.557. The van der Waals surface area contributed by atoms with Gasteiger partial charge in [0.15, 0.2) is 5.17 Å². The minimum Gasteiger partial charge on any atom is -0.410 e. The van der Waals surface area contributed by atoms with Gasteiger partial charge < -0.3 is 9.94 Å². The second-order valence-corrected chi connectivity index (χ2v) is 1.35. The smallest absolute Gasteiger partial charge is 0.170 e. The van der Waals surface area contributed by atoms with E-state index in [2.05, 4.69) is 9.89 Å². The van der Waals surface area contributed by atoms with Crippen molar-refractivity contribution < 1.29 is 9.94 Å². The van der Waals surface area contributed by atoms with Crippen LogP contribution in [0, 0.1) is 0 Å². The van der Waals surface area contributed by atoms with Gasteiger partial charge in [-0.2, -0.15) is 0 Å². The molecule has 0 aliphatic heterocycles. The van der Waals surface area contributed by atoms with Crippen molar-refractivity contribution in [1.82, 2.24) is 0 Å². The number of nitrogens with zero attached hydrogens (tertiary/aromatic N) is 1. The fourth-order valence-corrected chi connectivity index (χ4v) is 0.257. The Morgan fingerprint density at radius 2 is 2.57 bits per heavy atom. The van der Waals surface area contributed by atoms with Crippen molar-refractivity contribution in [2.75, 3.05) is 13.7 Å². The average Bonchev–Trinajstić information content (AvgIpc) is 1.68. The fraction of sp³-hybridized carbons (Fsp3) is 0.667. The predicted molar refractivity (Wildman–Crippen MR) is 27.0 cm³/mol. The van der Waals surface area contributed by atoms with Crippen LogP contribution in [0.15, 0.2) is 5.16 Å². The molecule has 3 nitrogen and oxygen atoms in total. The molecule has 0 rings (SSSR count). The quantitative estimate of drug-likeness (QED) is 0.333. The number of halogens is 1. The zero-order valence-corrected chi connectivity index (χ0v) is 4.64. The van der Waals surface area contributed by atoms with Gasteiger partial charge in [-0.3, -0.25) is 0 Å². The van der Waals surface area contributed by atoms with E-state index in [0.717, 1.165) is 0 Å². The van der Waals surface area contributed by atoms with E-state index in [1.807, 2.05) is 0 Å². The Labute approximate surface area is 46.5 Å². The summed E-state index contributed by atoms with van der Waals surface area (Å²) in [7, 11) is 1.47. The van der Waals surface area contributed by atoms with E-state index in [0.29, 0.717) is 0 Å². The lowest BCUT2D eigenvalue weighted by atomic mass is 10.8. The predicted octanol–water partition coefficient (Wildman–Crippen LogP) is 0.659. The van der Waals surface area contributed by atoms with E-state index in [4.69, 9.17) is 16.8 Å². The molecule has 0 aromatic carbocycles. The first kappa shape index (κ1) is 6.72. The Morgan fingerprint density at radius 3 is 2.71 bits per heavy atom. The van der Waals surface area contributed by atoms with Gasteiger partial charge >= 0.3 is 0 Å². The second kappa shape index (κ2) is 3.89. The monoisotopic (exact) mass is 123 g/mol. The van der Waals surface area contributed by atoms with Crippen LogP contribution in [-0.2, 0) is 4.74 Å². The van der Waals surface area contributed by atoms with Gasteiger partial charge in [0.2, 0.25) is 0 Å². The first-order chi connectivity index (χ1) is 3.31. The molecule has 0 radical (unpaired) electrons. The molecule has 4 heteroatoms. The normalized spacial score (nSPS) is 12.0. The van der Waals surface area contributed by atoms with Crippen molar-refractivity contribution in [2.45, 2.75) is 0 Å². The third-order valence-electron chi connectivity index (χ3n) is 0.372. The molecule has 0 aliphatic rings. The van der Waals surface area contributed by atoms with E-state index < -0.39 is 0 Å². The molecule has 7 heavy (non-hydrogen) atoms. The Bertz CT molecular complexity index is 73.3. The average molecular weight is 124 g/mol. The molecule has 42 valence electrons. The van der Waals surface area contributed by atoms with Crippen LogP contribution in [0.4, 0.5) is 0 Å². The highest BCUT2D eigenvalue weighted by atomic mass is 35.5. The minimum absolute atomic E-state index is 0.0579. The van der Waals surface area contributed by atoms with Gasteiger partial charge in [-0.25, -0.2) is 0 Å². The first-order valence-electron chi connectivity index (χ1n) is 1.66. The molecule has 0 amide bonds. The van der Waals surface area contributed by atoms with Crippen molar-refractivity contribution in [3.8, 4) is 0 Å². The van der Waals surface area contributed by atoms with Crippen molar-refractivity contribution in [1.29, 1.82) is 0 Å². The number of rotatable bonds is 2. The van der Waals surface area contributed by atoms with Gasteiger partial charge in [0.1, 0.15) is 6.61 Å². The van der Waals surface area contributed by atoms with Crippen LogP contribution >= 0.6 is 11.6 Å². The van der Waals surface area contributed by atoms with Crippen LogP contribution in [0.5, 0.6) is 0 Å². The molecule has 0 atom stereocenters. The molecule has 0 spiro atoms. The van der Waals surface area contributed by atoms with Crippen molar-refractivity contribution >= 4 is 16.8 Å². The summed E-state index contributed by atoms with van der Waals surface area (Å²) in [5.41, 5.74) is 0. The first-order valence-corrected chi connectivity index (χ1v) is 2.04. The minimum atomic E-state index is 0.0579. The lowest BCUT2D eigenvalue weighted by Crippen LogP contribution is -1.97. The molecule has 0 heterocycles. The highest BCUT2D eigenvalue weighted by Crippen LogP contribution is 1.82. The van der Waals surface area contributed by atoms with Gasteiger partial charge in [0, 0.05) is 7.11 Å². The number of ether oxygens (including phenoxy) is 1. The van der Waals surface area contributed by atoms with E-state index in [-0.39, 0.29) is 11.8 Å². The molecular weight excluding hydrogens is 117 g/mol. The van der Waals surface area contributed by atoms with E-state index in [1.165, 1.54) is 7.11 Å². The zero-order chi connectivity index (χ0) is 5.70. The van der Waals surface area contributed by atoms with Crippen molar-refractivity contribution in [3.05, 3.63) is 0 Å². The summed E-state index contributed by atoms with van der Waals surface area (Å²) in [4.78, 5) is 0. The molecule has 0 fully saturated rings. The molecular formula is C3H6ClNO2. The highest BCUT2D eigenvalue weighted by molar-refractivity contribution is 6.65. The summed E-state index contributed by atoms with van der Waals surface area (Å²) >= 11 is 5.14. The molecule has 0 aromatic rings. The lowest BCUT2D eigenvalue weighted by Gasteiger charge is -1.88. The van der Waals surface area contributed by atoms with Crippen molar-refractivity contribution in [3.63, 3.8) is 0 Å². The van der Waals surface area contributed by atoms with Crippen molar-refractivity contribution in [2.24, 2.45) is 5.16 Å². The van der Waals surface area contributed by atoms with E-state index in [1.54, 1.807) is 0 Å². The third kappa shape index (κ3) is 3.55. The topological polar surface area (TPSA) is 41.8 Å². The number of oxime groups is 1. The summed E-state index contributed by atoms with van der Waals surface area (Å²) in [5, 5.41) is 10.5. The largest absolute Gasteiger partial charge is 0.410 e. The molecule has 0 bridgehead atoms. The van der Waals surface area contributed by atoms with E-state index >= 15 is 0 Å². The summed E-state index contributed by atoms with van der Waals surface area (Å²) < 4.78 is 4.47. The van der Waals surface area contributed by atoms with Gasteiger partial charge in [-0.15, -0.1) is 0 Å². The van der Waals surface area contributed by atoms with Crippen LogP contribution in [0.1, 0.15) is 0 Å². The summed E-state index contributed by atoms with van der Waals surface area (Å²) in [6.45, 7) is 0.165. The fourth-order valence-electron chi connectivity index (χ4n) is 0.148. The maximum atomic E-state index is 7.84. The van der Waals surface area contributed by atoms with Crippen LogP contribution in [0.2, 0.25) is 0 Å². The Morgan fingerprint density at radius 1 is 2.00 bits per heavy atom.